The molecule has 0 aliphatic heterocycles. The van der Waals surface area contributed by atoms with E-state index in [4.69, 9.17) is 9.47 Å². The van der Waals surface area contributed by atoms with Crippen LogP contribution < -0.4 is 0 Å². The summed E-state index contributed by atoms with van der Waals surface area (Å²) >= 11 is 0. The van der Waals surface area contributed by atoms with E-state index in [9.17, 15) is 4.79 Å². The van der Waals surface area contributed by atoms with E-state index in [1.54, 1.807) is 6.92 Å². The molecule has 0 aliphatic carbocycles. The van der Waals surface area contributed by atoms with Gasteiger partial charge < -0.3 is 9.47 Å². The predicted molar refractivity (Wildman–Crippen MR) is 125 cm³/mol. The fourth-order valence-electron chi connectivity index (χ4n) is 3.47. The van der Waals surface area contributed by atoms with E-state index in [0.29, 0.717) is 12.2 Å². The summed E-state index contributed by atoms with van der Waals surface area (Å²) in [5, 5.41) is 0. The van der Waals surface area contributed by atoms with Gasteiger partial charge in [-0.15, -0.1) is 0 Å². The first-order valence-electron chi connectivity index (χ1n) is 12.6. The summed E-state index contributed by atoms with van der Waals surface area (Å²) in [6, 6.07) is 0. The molecule has 3 heteroatoms. The Morgan fingerprint density at radius 2 is 1.17 bits per heavy atom. The lowest BCUT2D eigenvalue weighted by Gasteiger charge is -2.18. The highest BCUT2D eigenvalue weighted by Crippen LogP contribution is 2.15. The van der Waals surface area contributed by atoms with Gasteiger partial charge in [0, 0.05) is 12.2 Å². The molecule has 0 radical (unpaired) electrons. The first kappa shape index (κ1) is 28.2. The van der Waals surface area contributed by atoms with Crippen LogP contribution >= 0.6 is 0 Å². The van der Waals surface area contributed by atoms with Crippen molar-refractivity contribution in [1.29, 1.82) is 0 Å². The maximum Gasteiger partial charge on any atom is 0.333 e. The van der Waals surface area contributed by atoms with Gasteiger partial charge in [-0.3, -0.25) is 0 Å². The van der Waals surface area contributed by atoms with Crippen LogP contribution in [-0.4, -0.2) is 25.3 Å². The van der Waals surface area contributed by atoms with Gasteiger partial charge in [-0.2, -0.15) is 0 Å². The average Bonchev–Trinajstić information content (AvgIpc) is 2.71. The van der Waals surface area contributed by atoms with Crippen molar-refractivity contribution in [2.45, 2.75) is 136 Å². The van der Waals surface area contributed by atoms with E-state index in [2.05, 4.69) is 20.4 Å². The number of unbranched alkanes of at least 4 members (excludes halogenated alkanes) is 14. The summed E-state index contributed by atoms with van der Waals surface area (Å²) in [7, 11) is 0. The average molecular weight is 411 g/mol. The minimum Gasteiger partial charge on any atom is -0.460 e. The molecule has 0 heterocycles. The van der Waals surface area contributed by atoms with Gasteiger partial charge in [0.1, 0.15) is 6.61 Å². The van der Waals surface area contributed by atoms with E-state index in [1.165, 1.54) is 83.5 Å². The van der Waals surface area contributed by atoms with Crippen molar-refractivity contribution in [3.8, 4) is 0 Å². The van der Waals surface area contributed by atoms with Gasteiger partial charge in [0.2, 0.25) is 0 Å². The molecule has 0 aromatic rings. The number of rotatable bonds is 22. The number of carbonyl (C=O) groups is 1. The van der Waals surface area contributed by atoms with Gasteiger partial charge >= 0.3 is 5.97 Å². The molecule has 0 aromatic carbocycles. The largest absolute Gasteiger partial charge is 0.460 e. The van der Waals surface area contributed by atoms with Crippen molar-refractivity contribution in [2.24, 2.45) is 0 Å². The molecule has 1 unspecified atom stereocenters. The van der Waals surface area contributed by atoms with Gasteiger partial charge in [0.15, 0.2) is 0 Å². The zero-order valence-electron chi connectivity index (χ0n) is 19.9. The Labute approximate surface area is 182 Å². The van der Waals surface area contributed by atoms with Crippen LogP contribution in [0.15, 0.2) is 12.2 Å². The molecule has 0 amide bonds. The minimum atomic E-state index is -0.310. The van der Waals surface area contributed by atoms with Crippen molar-refractivity contribution in [2.75, 3.05) is 13.2 Å². The fraction of sp³-hybridized carbons (Fsp3) is 0.885. The minimum absolute atomic E-state index is 0.0298. The number of hydrogen-bond acceptors (Lipinski definition) is 3. The quantitative estimate of drug-likeness (QED) is 0.103. The van der Waals surface area contributed by atoms with E-state index in [1.807, 2.05) is 0 Å². The Balaban J connectivity index is 3.60. The van der Waals surface area contributed by atoms with Gasteiger partial charge in [-0.05, 0) is 19.8 Å². The van der Waals surface area contributed by atoms with Crippen molar-refractivity contribution in [1.82, 2.24) is 0 Å². The lowest BCUT2D eigenvalue weighted by atomic mass is 10.0. The third-order valence-electron chi connectivity index (χ3n) is 5.48. The topological polar surface area (TPSA) is 35.5 Å². The maximum atomic E-state index is 11.6. The smallest absolute Gasteiger partial charge is 0.333 e. The first-order chi connectivity index (χ1) is 14.1. The summed E-state index contributed by atoms with van der Waals surface area (Å²) in [5.41, 5.74) is 0.453. The van der Waals surface area contributed by atoms with Crippen molar-refractivity contribution >= 4 is 5.97 Å². The van der Waals surface area contributed by atoms with E-state index >= 15 is 0 Å². The molecule has 0 saturated carbocycles. The van der Waals surface area contributed by atoms with E-state index in [-0.39, 0.29) is 12.1 Å². The van der Waals surface area contributed by atoms with Crippen LogP contribution in [0.2, 0.25) is 0 Å². The van der Waals surface area contributed by atoms with Crippen molar-refractivity contribution < 1.29 is 14.3 Å². The van der Waals surface area contributed by atoms with Crippen molar-refractivity contribution in [3.63, 3.8) is 0 Å². The molecule has 0 aliphatic rings. The highest BCUT2D eigenvalue weighted by Gasteiger charge is 2.12. The third kappa shape index (κ3) is 20.2. The van der Waals surface area contributed by atoms with Crippen LogP contribution in [0, 0.1) is 0 Å². The van der Waals surface area contributed by atoms with Crippen LogP contribution in [0.3, 0.4) is 0 Å². The molecule has 29 heavy (non-hydrogen) atoms. The lowest BCUT2D eigenvalue weighted by molar-refractivity contribution is -0.143. The predicted octanol–water partition coefficient (Wildman–Crippen LogP) is 8.16. The standard InChI is InChI=1S/C26H50O3/c1-5-7-9-10-11-12-13-14-15-16-17-18-19-20-21-25(28-22-8-6-2)23-29-26(27)24(3)4/h25H,3,5-23H2,1-2,4H3. The maximum absolute atomic E-state index is 11.6. The second kappa shape index (κ2) is 21.9. The zero-order valence-corrected chi connectivity index (χ0v) is 19.9. The normalized spacial score (nSPS) is 12.1. The number of esters is 1. The van der Waals surface area contributed by atoms with Gasteiger partial charge in [0.25, 0.3) is 0 Å². The second-order valence-corrected chi connectivity index (χ2v) is 8.61. The molecule has 0 N–H and O–H groups in total. The molecule has 1 atom stereocenters. The Bertz CT molecular complexity index is 378. The molecule has 3 nitrogen and oxygen atoms in total. The molecule has 0 saturated heterocycles. The third-order valence-corrected chi connectivity index (χ3v) is 5.48. The highest BCUT2D eigenvalue weighted by atomic mass is 16.6. The number of hydrogen-bond donors (Lipinski definition) is 0. The Morgan fingerprint density at radius 3 is 1.62 bits per heavy atom. The summed E-state index contributed by atoms with van der Waals surface area (Å²) in [6.45, 7) is 10.9. The van der Waals surface area contributed by atoms with Crippen LogP contribution in [0.4, 0.5) is 0 Å². The monoisotopic (exact) mass is 410 g/mol. The number of carbonyl (C=O) groups excluding carboxylic acids is 1. The Kier molecular flexibility index (Phi) is 21.2. The lowest BCUT2D eigenvalue weighted by Crippen LogP contribution is -2.23. The molecule has 0 rings (SSSR count). The van der Waals surface area contributed by atoms with Crippen LogP contribution in [0.1, 0.15) is 130 Å². The van der Waals surface area contributed by atoms with Crippen molar-refractivity contribution in [3.05, 3.63) is 12.2 Å². The first-order valence-corrected chi connectivity index (χ1v) is 12.6. The van der Waals surface area contributed by atoms with Gasteiger partial charge in [-0.25, -0.2) is 4.79 Å². The zero-order chi connectivity index (χ0) is 21.6. The van der Waals surface area contributed by atoms with Gasteiger partial charge in [0.05, 0.1) is 6.10 Å². The van der Waals surface area contributed by atoms with Crippen LogP contribution in [0.25, 0.3) is 0 Å². The molecule has 0 aromatic heterocycles. The molecule has 0 spiro atoms. The Morgan fingerprint density at radius 1 is 0.724 bits per heavy atom. The molecule has 0 fully saturated rings. The molecule has 172 valence electrons. The SMILES string of the molecule is C=C(C)C(=O)OCC(CCCCCCCCCCCCCCCC)OCCCC. The highest BCUT2D eigenvalue weighted by molar-refractivity contribution is 5.86. The summed E-state index contributed by atoms with van der Waals surface area (Å²) < 4.78 is 11.2. The van der Waals surface area contributed by atoms with Gasteiger partial charge in [-0.1, -0.05) is 117 Å². The fourth-order valence-corrected chi connectivity index (χ4v) is 3.47. The summed E-state index contributed by atoms with van der Waals surface area (Å²) in [4.78, 5) is 11.6. The Hall–Kier alpha value is -0.830. The summed E-state index contributed by atoms with van der Waals surface area (Å²) in [5.74, 6) is -0.310. The van der Waals surface area contributed by atoms with Crippen LogP contribution in [0.5, 0.6) is 0 Å². The van der Waals surface area contributed by atoms with Crippen LogP contribution in [-0.2, 0) is 14.3 Å². The number of ether oxygens (including phenoxy) is 2. The summed E-state index contributed by atoms with van der Waals surface area (Å²) in [6.07, 6.45) is 22.3. The molecule has 0 bridgehead atoms. The molecular weight excluding hydrogens is 360 g/mol. The second-order valence-electron chi connectivity index (χ2n) is 8.61. The molecular formula is C26H50O3. The van der Waals surface area contributed by atoms with E-state index < -0.39 is 0 Å². The van der Waals surface area contributed by atoms with E-state index in [0.717, 1.165) is 32.3 Å².